The average molecular weight is 328 g/mol. The zero-order chi connectivity index (χ0) is 16.9. The lowest BCUT2D eigenvalue weighted by Crippen LogP contribution is -2.52. The molecule has 4 aliphatic rings. The number of ether oxygens (including phenoxy) is 1. The lowest BCUT2D eigenvalue weighted by atomic mass is 9.48. The van der Waals surface area contributed by atoms with E-state index < -0.39 is 12.1 Å². The van der Waals surface area contributed by atoms with Crippen molar-refractivity contribution in [2.45, 2.75) is 58.5 Å². The first-order valence-electron chi connectivity index (χ1n) is 8.99. The molecule has 5 nitrogen and oxygen atoms in total. The topological polar surface area (TPSA) is 69.2 Å². The molecule has 0 spiro atoms. The van der Waals surface area contributed by atoms with Gasteiger partial charge < -0.3 is 4.74 Å². The summed E-state index contributed by atoms with van der Waals surface area (Å²) in [5.74, 6) is 1.66. The summed E-state index contributed by atoms with van der Waals surface area (Å²) < 4.78 is 5.44. The molecule has 0 aromatic carbocycles. The number of nitrogens with zero attached hydrogens (tertiary/aromatic N) is 2. The average Bonchev–Trinajstić information content (AvgIpc) is 2.53. The maximum atomic E-state index is 13.1. The highest BCUT2D eigenvalue weighted by Crippen LogP contribution is 2.60. The third-order valence-corrected chi connectivity index (χ3v) is 6.20. The largest absolute Gasteiger partial charge is 0.450 e. The van der Waals surface area contributed by atoms with Crippen molar-refractivity contribution in [3.05, 3.63) is 23.8 Å². The second-order valence-electron chi connectivity index (χ2n) is 8.15. The second kappa shape index (κ2) is 5.64. The van der Waals surface area contributed by atoms with Crippen LogP contribution in [0, 0.1) is 30.1 Å². The van der Waals surface area contributed by atoms with E-state index in [0.29, 0.717) is 17.8 Å². The maximum absolute atomic E-state index is 13.1. The van der Waals surface area contributed by atoms with Crippen molar-refractivity contribution in [1.82, 2.24) is 9.97 Å². The van der Waals surface area contributed by atoms with E-state index in [2.05, 4.69) is 9.97 Å². The number of hydrogen-bond acceptors (Lipinski definition) is 5. The summed E-state index contributed by atoms with van der Waals surface area (Å²) in [6.07, 6.45) is 9.07. The van der Waals surface area contributed by atoms with E-state index >= 15 is 0 Å². The quantitative estimate of drug-likeness (QED) is 0.794. The van der Waals surface area contributed by atoms with Gasteiger partial charge in [0.25, 0.3) is 0 Å². The van der Waals surface area contributed by atoms with Gasteiger partial charge in [0.15, 0.2) is 17.6 Å². The normalized spacial score (nSPS) is 34.8. The van der Waals surface area contributed by atoms with E-state index in [1.165, 1.54) is 31.7 Å². The van der Waals surface area contributed by atoms with Gasteiger partial charge in [0, 0.05) is 11.6 Å². The fraction of sp³-hybridized carbons (Fsp3) is 0.684. The SMILES string of the molecule is Cc1cnc(C(=O)O[C@@H](C)C(=O)C23CC4CC(CC(C4)C2)C3)cn1. The molecule has 0 radical (unpaired) electrons. The van der Waals surface area contributed by atoms with E-state index in [1.807, 2.05) is 0 Å². The molecular weight excluding hydrogens is 304 g/mol. The molecule has 0 aliphatic heterocycles. The molecule has 1 heterocycles. The summed E-state index contributed by atoms with van der Waals surface area (Å²) in [6.45, 7) is 3.52. The van der Waals surface area contributed by atoms with E-state index in [4.69, 9.17) is 4.74 Å². The molecule has 4 aliphatic carbocycles. The number of aromatic nitrogens is 2. The Morgan fingerprint density at radius 1 is 1.08 bits per heavy atom. The van der Waals surface area contributed by atoms with Crippen LogP contribution in [0.5, 0.6) is 0 Å². The predicted molar refractivity (Wildman–Crippen MR) is 87.3 cm³/mol. The molecule has 4 fully saturated rings. The molecule has 0 amide bonds. The summed E-state index contributed by atoms with van der Waals surface area (Å²) in [7, 11) is 0. The van der Waals surface area contributed by atoms with Crippen molar-refractivity contribution in [2.24, 2.45) is 23.2 Å². The van der Waals surface area contributed by atoms with Crippen molar-refractivity contribution in [2.75, 3.05) is 0 Å². The third kappa shape index (κ3) is 2.64. The van der Waals surface area contributed by atoms with Gasteiger partial charge in [-0.2, -0.15) is 0 Å². The molecule has 4 bridgehead atoms. The van der Waals surface area contributed by atoms with Crippen LogP contribution in [0.25, 0.3) is 0 Å². The minimum Gasteiger partial charge on any atom is -0.450 e. The van der Waals surface area contributed by atoms with Crippen LogP contribution in [0.3, 0.4) is 0 Å². The lowest BCUT2D eigenvalue weighted by molar-refractivity contribution is -0.152. The fourth-order valence-corrected chi connectivity index (χ4v) is 5.62. The zero-order valence-corrected chi connectivity index (χ0v) is 14.3. The molecule has 128 valence electrons. The molecule has 0 unspecified atom stereocenters. The van der Waals surface area contributed by atoms with Crippen molar-refractivity contribution >= 4 is 11.8 Å². The van der Waals surface area contributed by atoms with Crippen molar-refractivity contribution < 1.29 is 14.3 Å². The van der Waals surface area contributed by atoms with Crippen molar-refractivity contribution in [3.8, 4) is 0 Å². The molecule has 24 heavy (non-hydrogen) atoms. The summed E-state index contributed by atoms with van der Waals surface area (Å²) in [4.78, 5) is 33.4. The highest BCUT2D eigenvalue weighted by molar-refractivity contribution is 5.93. The zero-order valence-electron chi connectivity index (χ0n) is 14.3. The Kier molecular flexibility index (Phi) is 3.70. The first kappa shape index (κ1) is 15.7. The van der Waals surface area contributed by atoms with Crippen LogP contribution in [-0.2, 0) is 9.53 Å². The maximum Gasteiger partial charge on any atom is 0.359 e. The lowest BCUT2D eigenvalue weighted by Gasteiger charge is -2.56. The Morgan fingerprint density at radius 2 is 1.67 bits per heavy atom. The van der Waals surface area contributed by atoms with Gasteiger partial charge >= 0.3 is 5.97 Å². The van der Waals surface area contributed by atoms with E-state index in [0.717, 1.165) is 25.0 Å². The van der Waals surface area contributed by atoms with Gasteiger partial charge in [-0.25, -0.2) is 9.78 Å². The summed E-state index contributed by atoms with van der Waals surface area (Å²) >= 11 is 0. The first-order valence-corrected chi connectivity index (χ1v) is 8.99. The molecule has 5 rings (SSSR count). The Hall–Kier alpha value is -1.78. The van der Waals surface area contributed by atoms with Gasteiger partial charge in [-0.1, -0.05) is 0 Å². The number of esters is 1. The Labute approximate surface area is 142 Å². The fourth-order valence-electron chi connectivity index (χ4n) is 5.62. The molecule has 5 heteroatoms. The van der Waals surface area contributed by atoms with Gasteiger partial charge in [0.05, 0.1) is 11.9 Å². The number of Topliss-reactive ketones (excluding diaryl/α,β-unsaturated/α-hetero) is 1. The highest BCUT2D eigenvalue weighted by atomic mass is 16.5. The minimum absolute atomic E-state index is 0.120. The third-order valence-electron chi connectivity index (χ3n) is 6.20. The van der Waals surface area contributed by atoms with E-state index in [-0.39, 0.29) is 16.9 Å². The van der Waals surface area contributed by atoms with Gasteiger partial charge in [-0.3, -0.25) is 9.78 Å². The molecule has 1 aromatic rings. The van der Waals surface area contributed by atoms with Crippen LogP contribution in [0.2, 0.25) is 0 Å². The molecule has 4 saturated carbocycles. The Balaban J connectivity index is 1.46. The molecule has 0 saturated heterocycles. The number of hydrogen-bond donors (Lipinski definition) is 0. The Bertz CT molecular complexity index is 632. The molecule has 1 aromatic heterocycles. The molecule has 0 N–H and O–H groups in total. The van der Waals surface area contributed by atoms with Crippen molar-refractivity contribution in [3.63, 3.8) is 0 Å². The molecule has 1 atom stereocenters. The highest BCUT2D eigenvalue weighted by Gasteiger charge is 2.55. The van der Waals surface area contributed by atoms with Crippen LogP contribution >= 0.6 is 0 Å². The number of carbonyl (C=O) groups is 2. The second-order valence-corrected chi connectivity index (χ2v) is 8.15. The first-order chi connectivity index (χ1) is 11.4. The Morgan fingerprint density at radius 3 is 2.17 bits per heavy atom. The molecular formula is C19H24N2O3. The van der Waals surface area contributed by atoms with Crippen LogP contribution < -0.4 is 0 Å². The van der Waals surface area contributed by atoms with Gasteiger partial charge in [-0.05, 0) is 70.1 Å². The smallest absolute Gasteiger partial charge is 0.359 e. The van der Waals surface area contributed by atoms with Crippen LogP contribution in [0.15, 0.2) is 12.4 Å². The summed E-state index contributed by atoms with van der Waals surface area (Å²) in [5.41, 5.74) is 0.655. The van der Waals surface area contributed by atoms with Gasteiger partial charge in [0.2, 0.25) is 0 Å². The van der Waals surface area contributed by atoms with Gasteiger partial charge in [0.1, 0.15) is 0 Å². The standard InChI is InChI=1S/C19H24N2O3/c1-11-9-21-16(10-20-11)18(23)24-12(2)17(22)19-6-13-3-14(7-19)5-15(4-13)8-19/h9-10,12-15H,3-8H2,1-2H3/t12-,13?,14?,15?,19?/m0/s1. The van der Waals surface area contributed by atoms with Gasteiger partial charge in [-0.15, -0.1) is 0 Å². The predicted octanol–water partition coefficient (Wildman–Crippen LogP) is 3.12. The van der Waals surface area contributed by atoms with E-state index in [1.54, 1.807) is 13.8 Å². The number of rotatable bonds is 4. The monoisotopic (exact) mass is 328 g/mol. The number of ketones is 1. The van der Waals surface area contributed by atoms with E-state index in [9.17, 15) is 9.59 Å². The van der Waals surface area contributed by atoms with Crippen LogP contribution in [0.1, 0.15) is 61.6 Å². The summed E-state index contributed by atoms with van der Waals surface area (Å²) in [6, 6.07) is 0. The van der Waals surface area contributed by atoms with Crippen LogP contribution in [-0.4, -0.2) is 27.8 Å². The minimum atomic E-state index is -0.711. The van der Waals surface area contributed by atoms with Crippen molar-refractivity contribution in [1.29, 1.82) is 0 Å². The number of carbonyl (C=O) groups excluding carboxylic acids is 2. The van der Waals surface area contributed by atoms with Crippen LogP contribution in [0.4, 0.5) is 0 Å². The summed E-state index contributed by atoms with van der Waals surface area (Å²) in [5, 5.41) is 0. The number of aryl methyl sites for hydroxylation is 1.